The highest BCUT2D eigenvalue weighted by atomic mass is 79.9. The number of ether oxygens (including phenoxy) is 1. The lowest BCUT2D eigenvalue weighted by molar-refractivity contribution is 0.103. The maximum absolute atomic E-state index is 12.4. The van der Waals surface area contributed by atoms with Gasteiger partial charge in [-0.25, -0.2) is 0 Å². The van der Waals surface area contributed by atoms with E-state index in [1.54, 1.807) is 30.5 Å². The van der Waals surface area contributed by atoms with E-state index in [1.165, 1.54) is 6.20 Å². The number of nitrogen functional groups attached to an aromatic ring is 1. The first-order valence-corrected chi connectivity index (χ1v) is 6.97. The van der Waals surface area contributed by atoms with Gasteiger partial charge < -0.3 is 10.5 Å². The summed E-state index contributed by atoms with van der Waals surface area (Å²) in [5, 5.41) is 0. The number of anilines is 1. The zero-order valence-corrected chi connectivity index (χ0v) is 12.8. The van der Waals surface area contributed by atoms with E-state index in [-0.39, 0.29) is 11.9 Å². The van der Waals surface area contributed by atoms with Crippen molar-refractivity contribution in [2.75, 3.05) is 5.73 Å². The Balaban J connectivity index is 2.33. The molecule has 0 fully saturated rings. The van der Waals surface area contributed by atoms with Gasteiger partial charge in [0, 0.05) is 27.5 Å². The zero-order valence-electron chi connectivity index (χ0n) is 11.3. The van der Waals surface area contributed by atoms with Gasteiger partial charge in [-0.1, -0.05) is 15.9 Å². The topological polar surface area (TPSA) is 65.2 Å². The molecule has 0 aliphatic rings. The molecule has 0 radical (unpaired) electrons. The van der Waals surface area contributed by atoms with Crippen LogP contribution in [0.4, 0.5) is 5.69 Å². The molecule has 1 aromatic heterocycles. The van der Waals surface area contributed by atoms with E-state index in [0.717, 1.165) is 4.47 Å². The number of halogens is 1. The number of hydrogen-bond acceptors (Lipinski definition) is 4. The quantitative estimate of drug-likeness (QED) is 0.687. The Bertz CT molecular complexity index is 621. The van der Waals surface area contributed by atoms with Crippen LogP contribution < -0.4 is 10.5 Å². The standard InChI is InChI=1S/C15H15BrN2O2/c1-9(2)20-14-5-11(7-18-8-14)15(19)10-3-12(16)6-13(17)4-10/h3-9H,17H2,1-2H3. The molecular formula is C15H15BrN2O2. The molecule has 20 heavy (non-hydrogen) atoms. The molecule has 0 aliphatic carbocycles. The molecule has 0 spiro atoms. The Morgan fingerprint density at radius 3 is 2.60 bits per heavy atom. The molecule has 0 atom stereocenters. The smallest absolute Gasteiger partial charge is 0.194 e. The van der Waals surface area contributed by atoms with Crippen molar-refractivity contribution < 1.29 is 9.53 Å². The molecule has 0 saturated heterocycles. The van der Waals surface area contributed by atoms with Crippen LogP contribution in [0, 0.1) is 0 Å². The first-order chi connectivity index (χ1) is 9.45. The van der Waals surface area contributed by atoms with Crippen molar-refractivity contribution in [1.29, 1.82) is 0 Å². The molecule has 0 unspecified atom stereocenters. The van der Waals surface area contributed by atoms with Crippen LogP contribution in [0.3, 0.4) is 0 Å². The van der Waals surface area contributed by atoms with Crippen LogP contribution in [0.1, 0.15) is 29.8 Å². The van der Waals surface area contributed by atoms with E-state index in [0.29, 0.717) is 22.6 Å². The van der Waals surface area contributed by atoms with Gasteiger partial charge in [0.2, 0.25) is 0 Å². The van der Waals surface area contributed by atoms with Gasteiger partial charge in [-0.15, -0.1) is 0 Å². The number of ketones is 1. The first kappa shape index (κ1) is 14.5. The van der Waals surface area contributed by atoms with Gasteiger partial charge in [0.15, 0.2) is 5.78 Å². The van der Waals surface area contributed by atoms with E-state index in [2.05, 4.69) is 20.9 Å². The Morgan fingerprint density at radius 1 is 1.20 bits per heavy atom. The van der Waals surface area contributed by atoms with Crippen molar-refractivity contribution in [1.82, 2.24) is 4.98 Å². The van der Waals surface area contributed by atoms with Gasteiger partial charge in [-0.3, -0.25) is 9.78 Å². The van der Waals surface area contributed by atoms with Gasteiger partial charge in [-0.05, 0) is 38.1 Å². The van der Waals surface area contributed by atoms with Crippen molar-refractivity contribution >= 4 is 27.4 Å². The zero-order chi connectivity index (χ0) is 14.7. The van der Waals surface area contributed by atoms with Gasteiger partial charge in [0.25, 0.3) is 0 Å². The fourth-order valence-corrected chi connectivity index (χ4v) is 2.30. The van der Waals surface area contributed by atoms with Crippen LogP contribution in [0.25, 0.3) is 0 Å². The third-order valence-electron chi connectivity index (χ3n) is 2.53. The highest BCUT2D eigenvalue weighted by Crippen LogP contribution is 2.21. The Labute approximate surface area is 126 Å². The molecule has 0 aliphatic heterocycles. The summed E-state index contributed by atoms with van der Waals surface area (Å²) in [6.45, 7) is 3.84. The van der Waals surface area contributed by atoms with Gasteiger partial charge in [-0.2, -0.15) is 0 Å². The third-order valence-corrected chi connectivity index (χ3v) is 2.99. The number of nitrogens with zero attached hydrogens (tertiary/aromatic N) is 1. The summed E-state index contributed by atoms with van der Waals surface area (Å²) in [6.07, 6.45) is 3.14. The number of carbonyl (C=O) groups is 1. The van der Waals surface area contributed by atoms with Gasteiger partial charge >= 0.3 is 0 Å². The van der Waals surface area contributed by atoms with E-state index >= 15 is 0 Å². The molecule has 2 N–H and O–H groups in total. The summed E-state index contributed by atoms with van der Waals surface area (Å²) in [5.74, 6) is 0.438. The lowest BCUT2D eigenvalue weighted by Crippen LogP contribution is -2.08. The molecule has 0 saturated carbocycles. The second-order valence-electron chi connectivity index (χ2n) is 4.68. The number of benzene rings is 1. The molecule has 0 amide bonds. The van der Waals surface area contributed by atoms with Gasteiger partial charge in [0.1, 0.15) is 5.75 Å². The number of pyridine rings is 1. The highest BCUT2D eigenvalue weighted by Gasteiger charge is 2.12. The molecule has 4 nitrogen and oxygen atoms in total. The van der Waals surface area contributed by atoms with E-state index in [4.69, 9.17) is 10.5 Å². The number of hydrogen-bond donors (Lipinski definition) is 1. The van der Waals surface area contributed by atoms with Crippen LogP contribution in [0.5, 0.6) is 5.75 Å². The highest BCUT2D eigenvalue weighted by molar-refractivity contribution is 9.10. The molecule has 1 aromatic carbocycles. The minimum Gasteiger partial charge on any atom is -0.489 e. The number of nitrogens with two attached hydrogens (primary N) is 1. The average molecular weight is 335 g/mol. The SMILES string of the molecule is CC(C)Oc1cncc(C(=O)c2cc(N)cc(Br)c2)c1. The van der Waals surface area contributed by atoms with Crippen molar-refractivity contribution in [3.05, 3.63) is 52.3 Å². The summed E-state index contributed by atoms with van der Waals surface area (Å²) < 4.78 is 6.31. The molecule has 2 rings (SSSR count). The molecule has 104 valence electrons. The summed E-state index contributed by atoms with van der Waals surface area (Å²) in [7, 11) is 0. The predicted molar refractivity (Wildman–Crippen MR) is 82.0 cm³/mol. The minimum absolute atomic E-state index is 0.0312. The fourth-order valence-electron chi connectivity index (χ4n) is 1.79. The summed E-state index contributed by atoms with van der Waals surface area (Å²) in [6, 6.07) is 6.80. The van der Waals surface area contributed by atoms with Crippen LogP contribution in [0.15, 0.2) is 41.1 Å². The van der Waals surface area contributed by atoms with Crippen molar-refractivity contribution in [2.24, 2.45) is 0 Å². The maximum atomic E-state index is 12.4. The van der Waals surface area contributed by atoms with Crippen molar-refractivity contribution in [2.45, 2.75) is 20.0 Å². The second-order valence-corrected chi connectivity index (χ2v) is 5.59. The van der Waals surface area contributed by atoms with Crippen molar-refractivity contribution in [3.8, 4) is 5.75 Å². The summed E-state index contributed by atoms with van der Waals surface area (Å²) in [5.41, 5.74) is 7.27. The Morgan fingerprint density at radius 2 is 1.95 bits per heavy atom. The Hall–Kier alpha value is -1.88. The monoisotopic (exact) mass is 334 g/mol. The molecule has 5 heteroatoms. The van der Waals surface area contributed by atoms with Crippen LogP contribution in [-0.2, 0) is 0 Å². The normalized spacial score (nSPS) is 10.6. The van der Waals surface area contributed by atoms with Crippen LogP contribution in [0.2, 0.25) is 0 Å². The fraction of sp³-hybridized carbons (Fsp3) is 0.200. The third kappa shape index (κ3) is 3.57. The number of rotatable bonds is 4. The lowest BCUT2D eigenvalue weighted by atomic mass is 10.0. The summed E-state index contributed by atoms with van der Waals surface area (Å²) in [4.78, 5) is 16.5. The molecule has 1 heterocycles. The maximum Gasteiger partial charge on any atom is 0.194 e. The molecular weight excluding hydrogens is 320 g/mol. The lowest BCUT2D eigenvalue weighted by Gasteiger charge is -2.10. The molecule has 0 bridgehead atoms. The first-order valence-electron chi connectivity index (χ1n) is 6.18. The van der Waals surface area contributed by atoms with E-state index < -0.39 is 0 Å². The van der Waals surface area contributed by atoms with Crippen LogP contribution >= 0.6 is 15.9 Å². The van der Waals surface area contributed by atoms with Crippen LogP contribution in [-0.4, -0.2) is 16.9 Å². The minimum atomic E-state index is -0.139. The van der Waals surface area contributed by atoms with E-state index in [9.17, 15) is 4.79 Å². The van der Waals surface area contributed by atoms with Crippen molar-refractivity contribution in [3.63, 3.8) is 0 Å². The number of aromatic nitrogens is 1. The summed E-state index contributed by atoms with van der Waals surface area (Å²) >= 11 is 3.33. The van der Waals surface area contributed by atoms with Gasteiger partial charge in [0.05, 0.1) is 12.3 Å². The van der Waals surface area contributed by atoms with E-state index in [1.807, 2.05) is 13.8 Å². The average Bonchev–Trinajstić information content (AvgIpc) is 2.36. The second kappa shape index (κ2) is 6.05. The molecule has 2 aromatic rings. The Kier molecular flexibility index (Phi) is 4.39. The number of carbonyl (C=O) groups excluding carboxylic acids is 1. The largest absolute Gasteiger partial charge is 0.489 e. The predicted octanol–water partition coefficient (Wildman–Crippen LogP) is 3.44.